The summed E-state index contributed by atoms with van der Waals surface area (Å²) in [6.07, 6.45) is 0. The molecule has 9 heteroatoms. The van der Waals surface area contributed by atoms with Crippen LogP contribution >= 0.6 is 0 Å². The Labute approximate surface area is 161 Å². The molecule has 0 saturated carbocycles. The van der Waals surface area contributed by atoms with Gasteiger partial charge in [-0.15, -0.1) is 0 Å². The number of ether oxygens (including phenoxy) is 4. The van der Waals surface area contributed by atoms with Crippen LogP contribution in [0.5, 0.6) is 23.0 Å². The second kappa shape index (κ2) is 9.68. The van der Waals surface area contributed by atoms with Crippen LogP contribution in [0.4, 0.5) is 0 Å². The number of methoxy groups -OCH3 is 3. The molecule has 0 aromatic heterocycles. The van der Waals surface area contributed by atoms with Crippen LogP contribution in [-0.4, -0.2) is 39.8 Å². The van der Waals surface area contributed by atoms with Gasteiger partial charge in [-0.2, -0.15) is 5.26 Å². The van der Waals surface area contributed by atoms with Gasteiger partial charge in [0.15, 0.2) is 18.1 Å². The molecule has 0 aliphatic carbocycles. The molecule has 0 aliphatic rings. The molecule has 0 fully saturated rings. The van der Waals surface area contributed by atoms with Crippen LogP contribution in [0.3, 0.4) is 0 Å². The van der Waals surface area contributed by atoms with Crippen molar-refractivity contribution in [3.8, 4) is 29.1 Å². The highest BCUT2D eigenvalue weighted by atomic mass is 16.5. The maximum Gasteiger partial charge on any atom is 0.276 e. The molecule has 0 bridgehead atoms. The van der Waals surface area contributed by atoms with Crippen molar-refractivity contribution in [3.63, 3.8) is 0 Å². The number of amides is 2. The van der Waals surface area contributed by atoms with Gasteiger partial charge in [0.1, 0.15) is 11.8 Å². The van der Waals surface area contributed by atoms with E-state index in [4.69, 9.17) is 24.2 Å². The molecule has 0 atom stereocenters. The Bertz CT molecular complexity index is 882. The summed E-state index contributed by atoms with van der Waals surface area (Å²) in [6.45, 7) is -0.381. The number of nitrogens with zero attached hydrogens (tertiary/aromatic N) is 1. The lowest BCUT2D eigenvalue weighted by Gasteiger charge is -2.14. The zero-order valence-corrected chi connectivity index (χ0v) is 15.6. The van der Waals surface area contributed by atoms with Crippen molar-refractivity contribution in [2.45, 2.75) is 0 Å². The molecule has 2 aromatic rings. The van der Waals surface area contributed by atoms with Gasteiger partial charge in [-0.25, -0.2) is 0 Å². The molecule has 0 radical (unpaired) electrons. The van der Waals surface area contributed by atoms with E-state index in [1.54, 1.807) is 24.3 Å². The van der Waals surface area contributed by atoms with Crippen LogP contribution in [0.15, 0.2) is 36.4 Å². The fourth-order valence-electron chi connectivity index (χ4n) is 2.28. The third kappa shape index (κ3) is 4.82. The maximum atomic E-state index is 12.3. The topological polar surface area (TPSA) is 119 Å². The molecule has 0 aliphatic heterocycles. The first-order chi connectivity index (χ1) is 13.5. The Morgan fingerprint density at radius 1 is 0.964 bits per heavy atom. The average molecular weight is 385 g/mol. The van der Waals surface area contributed by atoms with Gasteiger partial charge in [0.2, 0.25) is 5.75 Å². The normalized spacial score (nSPS) is 9.64. The second-order valence-corrected chi connectivity index (χ2v) is 5.31. The first-order valence-corrected chi connectivity index (χ1v) is 8.05. The smallest absolute Gasteiger partial charge is 0.276 e. The molecular weight excluding hydrogens is 366 g/mol. The molecule has 2 amide bonds. The summed E-state index contributed by atoms with van der Waals surface area (Å²) in [4.78, 5) is 24.2. The SMILES string of the molecule is COc1cc(C(=O)NNC(=O)COc2ccccc2C#N)cc(OC)c1OC. The lowest BCUT2D eigenvalue weighted by molar-refractivity contribution is -0.123. The summed E-state index contributed by atoms with van der Waals surface area (Å²) in [6, 6.07) is 11.4. The molecule has 2 aromatic carbocycles. The predicted octanol–water partition coefficient (Wildman–Crippen LogP) is 1.42. The van der Waals surface area contributed by atoms with Gasteiger partial charge in [-0.1, -0.05) is 12.1 Å². The van der Waals surface area contributed by atoms with Crippen molar-refractivity contribution in [2.75, 3.05) is 27.9 Å². The highest BCUT2D eigenvalue weighted by Crippen LogP contribution is 2.38. The van der Waals surface area contributed by atoms with E-state index in [-0.39, 0.29) is 17.9 Å². The molecule has 146 valence electrons. The summed E-state index contributed by atoms with van der Waals surface area (Å²) in [5.41, 5.74) is 4.99. The number of hydrazine groups is 1. The van der Waals surface area contributed by atoms with Gasteiger partial charge >= 0.3 is 0 Å². The van der Waals surface area contributed by atoms with Crippen LogP contribution in [0.2, 0.25) is 0 Å². The quantitative estimate of drug-likeness (QED) is 0.692. The number of hydrogen-bond donors (Lipinski definition) is 2. The van der Waals surface area contributed by atoms with Crippen molar-refractivity contribution in [3.05, 3.63) is 47.5 Å². The van der Waals surface area contributed by atoms with E-state index in [0.29, 0.717) is 22.8 Å². The largest absolute Gasteiger partial charge is 0.493 e. The molecule has 0 unspecified atom stereocenters. The van der Waals surface area contributed by atoms with Crippen molar-refractivity contribution < 1.29 is 28.5 Å². The Balaban J connectivity index is 1.98. The Kier molecular flexibility index (Phi) is 7.05. The number of nitrogens with one attached hydrogen (secondary N) is 2. The molecular formula is C19H19N3O6. The highest BCUT2D eigenvalue weighted by Gasteiger charge is 2.17. The van der Waals surface area contributed by atoms with Gasteiger partial charge in [-0.3, -0.25) is 20.4 Å². The summed E-state index contributed by atoms with van der Waals surface area (Å²) in [7, 11) is 4.30. The first kappa shape index (κ1) is 20.4. The van der Waals surface area contributed by atoms with Crippen molar-refractivity contribution in [1.82, 2.24) is 10.9 Å². The van der Waals surface area contributed by atoms with Gasteiger partial charge in [0.05, 0.1) is 26.9 Å². The highest BCUT2D eigenvalue weighted by molar-refractivity contribution is 5.96. The van der Waals surface area contributed by atoms with Gasteiger partial charge in [-0.05, 0) is 24.3 Å². The summed E-state index contributed by atoms with van der Waals surface area (Å²) >= 11 is 0. The molecule has 0 saturated heterocycles. The van der Waals surface area contributed by atoms with Crippen LogP contribution in [0.1, 0.15) is 15.9 Å². The van der Waals surface area contributed by atoms with E-state index in [2.05, 4.69) is 10.9 Å². The number of carbonyl (C=O) groups excluding carboxylic acids is 2. The fraction of sp³-hybridized carbons (Fsp3) is 0.211. The van der Waals surface area contributed by atoms with Crippen molar-refractivity contribution >= 4 is 11.8 Å². The molecule has 0 heterocycles. The Hall–Kier alpha value is -3.93. The molecule has 2 N–H and O–H groups in total. The Morgan fingerprint density at radius 2 is 1.61 bits per heavy atom. The van der Waals surface area contributed by atoms with Crippen LogP contribution in [-0.2, 0) is 4.79 Å². The zero-order chi connectivity index (χ0) is 20.5. The predicted molar refractivity (Wildman–Crippen MR) is 98.4 cm³/mol. The van der Waals surface area contributed by atoms with Crippen molar-refractivity contribution in [1.29, 1.82) is 5.26 Å². The standard InChI is InChI=1S/C19H19N3O6/c1-25-15-8-13(9-16(26-2)18(15)27-3)19(24)22-21-17(23)11-28-14-7-5-4-6-12(14)10-20/h4-9H,11H2,1-3H3,(H,21,23)(H,22,24). The Morgan fingerprint density at radius 3 is 2.18 bits per heavy atom. The third-order valence-electron chi connectivity index (χ3n) is 3.61. The van der Waals surface area contributed by atoms with Crippen LogP contribution in [0.25, 0.3) is 0 Å². The van der Waals surface area contributed by atoms with Gasteiger partial charge in [0.25, 0.3) is 11.8 Å². The maximum absolute atomic E-state index is 12.3. The van der Waals surface area contributed by atoms with E-state index >= 15 is 0 Å². The molecule has 0 spiro atoms. The average Bonchev–Trinajstić information content (AvgIpc) is 2.74. The van der Waals surface area contributed by atoms with E-state index in [1.165, 1.54) is 33.5 Å². The van der Waals surface area contributed by atoms with Crippen molar-refractivity contribution in [2.24, 2.45) is 0 Å². The fourth-order valence-corrected chi connectivity index (χ4v) is 2.28. The molecule has 28 heavy (non-hydrogen) atoms. The number of hydrogen-bond acceptors (Lipinski definition) is 7. The minimum absolute atomic E-state index is 0.186. The number of carbonyl (C=O) groups is 2. The van der Waals surface area contributed by atoms with Crippen LogP contribution in [0, 0.1) is 11.3 Å². The number of benzene rings is 2. The van der Waals surface area contributed by atoms with Crippen LogP contribution < -0.4 is 29.8 Å². The minimum atomic E-state index is -0.603. The van der Waals surface area contributed by atoms with E-state index in [9.17, 15) is 9.59 Å². The van der Waals surface area contributed by atoms with E-state index < -0.39 is 11.8 Å². The number of nitriles is 1. The first-order valence-electron chi connectivity index (χ1n) is 8.05. The van der Waals surface area contributed by atoms with Gasteiger partial charge in [0, 0.05) is 5.56 Å². The lowest BCUT2D eigenvalue weighted by atomic mass is 10.1. The van der Waals surface area contributed by atoms with Gasteiger partial charge < -0.3 is 18.9 Å². The number of rotatable bonds is 7. The van der Waals surface area contributed by atoms with E-state index in [0.717, 1.165) is 0 Å². The lowest BCUT2D eigenvalue weighted by Crippen LogP contribution is -2.43. The summed E-state index contributed by atoms with van der Waals surface area (Å²) in [5, 5.41) is 8.99. The summed E-state index contributed by atoms with van der Waals surface area (Å²) < 4.78 is 20.9. The molecule has 2 rings (SSSR count). The number of para-hydroxylation sites is 1. The van der Waals surface area contributed by atoms with E-state index in [1.807, 2.05) is 6.07 Å². The summed E-state index contributed by atoms with van der Waals surface area (Å²) in [5.74, 6) is 0.0225. The zero-order valence-electron chi connectivity index (χ0n) is 15.6. The molecule has 9 nitrogen and oxygen atoms in total. The monoisotopic (exact) mass is 385 g/mol. The second-order valence-electron chi connectivity index (χ2n) is 5.31. The minimum Gasteiger partial charge on any atom is -0.493 e. The third-order valence-corrected chi connectivity index (χ3v) is 3.61.